The van der Waals surface area contributed by atoms with Gasteiger partial charge in [0, 0.05) is 92.1 Å². The molecule has 5 aromatic heterocycles. The summed E-state index contributed by atoms with van der Waals surface area (Å²) in [6, 6.07) is 23.2. The second kappa shape index (κ2) is 28.1. The average Bonchev–Trinajstić information content (AvgIpc) is 1.67. The monoisotopic (exact) mass is 1480 g/mol. The summed E-state index contributed by atoms with van der Waals surface area (Å²) in [6.45, 7) is 5.26. The molecule has 0 fully saturated rings. The Labute approximate surface area is 577 Å². The van der Waals surface area contributed by atoms with Gasteiger partial charge in [-0.15, -0.1) is 17.6 Å². The van der Waals surface area contributed by atoms with Gasteiger partial charge in [0.15, 0.2) is 66.0 Å². The van der Waals surface area contributed by atoms with Crippen molar-refractivity contribution >= 4 is 25.6 Å². The molecule has 2 aliphatic heterocycles. The molecule has 36 heteroatoms. The minimum absolute atomic E-state index is 0.00163. The van der Waals surface area contributed by atoms with Gasteiger partial charge in [-0.3, -0.25) is 14.5 Å². The first-order valence-corrected chi connectivity index (χ1v) is 33.8. The number of benzene rings is 6. The molecule has 0 amide bonds. The fourth-order valence-electron chi connectivity index (χ4n) is 11.1. The van der Waals surface area contributed by atoms with Crippen LogP contribution >= 0.6 is 0 Å². The molecule has 0 atom stereocenters. The summed E-state index contributed by atoms with van der Waals surface area (Å²) in [5.74, 6) is -13.1. The van der Waals surface area contributed by atoms with Gasteiger partial charge < -0.3 is 47.8 Å². The number of hydrogen-bond donors (Lipinski definition) is 4. The molecule has 11 aromatic rings. The number of oxazole rings is 2. The Morgan fingerprint density at radius 2 is 0.961 bits per heavy atom. The minimum atomic E-state index is -4.12. The SMILES string of the molecule is CC.CO.COC(=O)C(F)(F)c1cc(-c2ccc(-c3cc(F)c(CO)c(S(C)(=O)=O)c3)cc2-c2oc(C)nc2-c2ccc3c(c2)OC(F)(F)O3)n(C)n1.Cc1nc(-c2ccc3c(c2)OC(F)(F)O3)c(-c2cc(-c3cc(F)c(CO)c(S(C)(=O)=O)c3)ccc2-c2cc(C(F)(F)c3ncn[nH]3)nn2C)o1. The van der Waals surface area contributed by atoms with Crippen molar-refractivity contribution in [3.8, 4) is 113 Å². The normalized spacial score (nSPS) is 13.5. The molecule has 0 radical (unpaired) electrons. The number of methoxy groups -OCH3 is 1. The van der Waals surface area contributed by atoms with Crippen LogP contribution in [0.15, 0.2) is 134 Å². The molecule has 2 aliphatic rings. The molecular weight excluding hydrogens is 1420 g/mol. The number of fused-ring (bicyclic) bond motifs is 2. The Morgan fingerprint density at radius 3 is 1.35 bits per heavy atom. The van der Waals surface area contributed by atoms with E-state index in [1.807, 2.05) is 13.8 Å². The zero-order chi connectivity index (χ0) is 75.4. The van der Waals surface area contributed by atoms with Gasteiger partial charge in [0.2, 0.25) is 5.82 Å². The third-order valence-electron chi connectivity index (χ3n) is 15.5. The smallest absolute Gasteiger partial charge is 0.464 e. The first kappa shape index (κ1) is 74.7. The van der Waals surface area contributed by atoms with Crippen molar-refractivity contribution in [2.45, 2.75) is 75.1 Å². The molecule has 24 nitrogen and oxygen atoms in total. The quantitative estimate of drug-likeness (QED) is 0.0516. The van der Waals surface area contributed by atoms with Crippen LogP contribution in [0, 0.1) is 25.5 Å². The van der Waals surface area contributed by atoms with E-state index in [0.29, 0.717) is 0 Å². The molecule has 0 spiro atoms. The maximum absolute atomic E-state index is 15.4. The second-order valence-corrected chi connectivity index (χ2v) is 26.2. The lowest BCUT2D eigenvalue weighted by Gasteiger charge is -2.14. The molecule has 0 saturated carbocycles. The van der Waals surface area contributed by atoms with E-state index in [1.54, 1.807) is 0 Å². The Balaban J connectivity index is 0.000000211. The summed E-state index contributed by atoms with van der Waals surface area (Å²) in [6.07, 6.45) is -5.13. The zero-order valence-corrected chi connectivity index (χ0v) is 56.9. The number of hydrogen-bond acceptors (Lipinski definition) is 21. The van der Waals surface area contributed by atoms with Crippen LogP contribution < -0.4 is 18.9 Å². The van der Waals surface area contributed by atoms with E-state index in [1.165, 1.54) is 118 Å². The van der Waals surface area contributed by atoms with E-state index in [9.17, 15) is 58.2 Å². The molecule has 7 heterocycles. The number of rotatable bonds is 16. The van der Waals surface area contributed by atoms with Crippen LogP contribution in [0.5, 0.6) is 23.0 Å². The van der Waals surface area contributed by atoms with Gasteiger partial charge in [0.1, 0.15) is 40.7 Å². The van der Waals surface area contributed by atoms with Crippen LogP contribution in [-0.4, -0.2) is 122 Å². The lowest BCUT2D eigenvalue weighted by molar-refractivity contribution is -0.287. The predicted molar refractivity (Wildman–Crippen MR) is 345 cm³/mol. The number of aryl methyl sites for hydroxylation is 4. The second-order valence-electron chi connectivity index (χ2n) is 22.3. The van der Waals surface area contributed by atoms with Gasteiger partial charge in [0.05, 0.1) is 41.5 Å². The number of halogens is 10. The van der Waals surface area contributed by atoms with Gasteiger partial charge in [-0.25, -0.2) is 45.4 Å². The molecule has 6 aromatic carbocycles. The highest BCUT2D eigenvalue weighted by Gasteiger charge is 2.47. The Bertz CT molecular complexity index is 5330. The molecule has 0 bridgehead atoms. The molecule has 4 N–H and O–H groups in total. The third kappa shape index (κ3) is 14.6. The van der Waals surface area contributed by atoms with Crippen LogP contribution in [0.4, 0.5) is 43.9 Å². The highest BCUT2D eigenvalue weighted by molar-refractivity contribution is 7.91. The number of ether oxygens (including phenoxy) is 5. The van der Waals surface area contributed by atoms with Crippen LogP contribution in [-0.2, 0) is 68.4 Å². The van der Waals surface area contributed by atoms with Gasteiger partial charge in [0.25, 0.3) is 0 Å². The van der Waals surface area contributed by atoms with Crippen molar-refractivity contribution in [1.82, 2.24) is 44.7 Å². The van der Waals surface area contributed by atoms with Gasteiger partial charge in [-0.2, -0.15) is 32.9 Å². The number of carbonyl (C=O) groups is 1. The summed E-state index contributed by atoms with van der Waals surface area (Å²) < 4.78 is 233. The number of nitrogens with one attached hydrogen (secondary N) is 1. The van der Waals surface area contributed by atoms with E-state index < -0.39 is 113 Å². The molecule has 0 unspecified atom stereocenters. The average molecular weight is 1480 g/mol. The molecule has 542 valence electrons. The lowest BCUT2D eigenvalue weighted by atomic mass is 9.93. The van der Waals surface area contributed by atoms with Crippen molar-refractivity contribution in [2.75, 3.05) is 26.7 Å². The van der Waals surface area contributed by atoms with Crippen molar-refractivity contribution in [3.05, 3.63) is 167 Å². The van der Waals surface area contributed by atoms with E-state index >= 15 is 17.6 Å². The van der Waals surface area contributed by atoms with E-state index in [-0.39, 0.29) is 125 Å². The van der Waals surface area contributed by atoms with Crippen LogP contribution in [0.3, 0.4) is 0 Å². The number of alkyl halides is 8. The highest BCUT2D eigenvalue weighted by Crippen LogP contribution is 2.50. The van der Waals surface area contributed by atoms with Crippen molar-refractivity contribution in [1.29, 1.82) is 0 Å². The van der Waals surface area contributed by atoms with Crippen LogP contribution in [0.1, 0.15) is 54.0 Å². The lowest BCUT2D eigenvalue weighted by Crippen LogP contribution is -2.27. The number of aromatic amines is 1. The van der Waals surface area contributed by atoms with Gasteiger partial charge in [-0.1, -0.05) is 38.1 Å². The molecule has 103 heavy (non-hydrogen) atoms. The van der Waals surface area contributed by atoms with Crippen LogP contribution in [0.2, 0.25) is 0 Å². The van der Waals surface area contributed by atoms with Gasteiger partial charge >= 0.3 is 30.4 Å². The number of aliphatic hydroxyl groups is 3. The van der Waals surface area contributed by atoms with Crippen molar-refractivity contribution in [2.24, 2.45) is 14.1 Å². The van der Waals surface area contributed by atoms with Crippen molar-refractivity contribution in [3.63, 3.8) is 0 Å². The first-order chi connectivity index (χ1) is 48.5. The standard InChI is InChI=1S/C32H23F5N6O6S.C32H24F5N3O8S.C2H6.CH4O/c1-15-40-28(17-5-7-24-25(10-17)49-32(36,37)48-24)29(47-15)20-8-16(18-9-22(33)21(13-44)26(11-18)50(3,45)46)4-6-19(20)23-12-27(42-43(23)2)31(34,35)30-38-14-39-41-30;1-15-38-28(17-6-8-24-25(11-17)48-32(36,37)47-24)29(46-15)20-9-16(18-10-22(33)21(14-41)26(12-18)49(4,43)44)5-7-19(20)23-13-27(39-40(23)2)31(34,35)30(42)45-3;2*1-2/h4-12,14,44H,13H2,1-3H3,(H,38,39,41);5-13,41H,14H2,1-4H3;1-2H3;2H,1H3. The Hall–Kier alpha value is -11.0. The predicted octanol–water partition coefficient (Wildman–Crippen LogP) is 12.6. The number of carbonyl (C=O) groups excluding carboxylic acids is 1. The largest absolute Gasteiger partial charge is 0.586 e. The number of aliphatic hydroxyl groups excluding tert-OH is 3. The number of esters is 1. The Morgan fingerprint density at radius 1 is 0.563 bits per heavy atom. The summed E-state index contributed by atoms with van der Waals surface area (Å²) in [5, 5.41) is 39.9. The number of aromatic nitrogens is 9. The molecule has 13 rings (SSSR count). The fourth-order valence-corrected chi connectivity index (χ4v) is 13.0. The van der Waals surface area contributed by atoms with Gasteiger partial charge in [-0.05, 0) is 107 Å². The van der Waals surface area contributed by atoms with E-state index in [2.05, 4.69) is 59.0 Å². The molecule has 0 aliphatic carbocycles. The third-order valence-corrected chi connectivity index (χ3v) is 17.9. The minimum Gasteiger partial charge on any atom is -0.464 e. The maximum Gasteiger partial charge on any atom is 0.586 e. The first-order valence-electron chi connectivity index (χ1n) is 30.0. The van der Waals surface area contributed by atoms with E-state index in [0.717, 1.165) is 62.0 Å². The topological polar surface area (TPSA) is 321 Å². The van der Waals surface area contributed by atoms with Crippen molar-refractivity contribution < 1.29 is 113 Å². The summed E-state index contributed by atoms with van der Waals surface area (Å²) in [5.41, 5.74) is -0.1000. The zero-order valence-electron chi connectivity index (χ0n) is 55.3. The van der Waals surface area contributed by atoms with Crippen LogP contribution in [0.25, 0.3) is 89.9 Å². The number of H-pyrrole nitrogens is 1. The summed E-state index contributed by atoms with van der Waals surface area (Å²) in [7, 11) is -3.44. The summed E-state index contributed by atoms with van der Waals surface area (Å²) >= 11 is 0. The number of sulfone groups is 2. The maximum atomic E-state index is 15.4. The summed E-state index contributed by atoms with van der Waals surface area (Å²) in [4.78, 5) is 23.4. The highest BCUT2D eigenvalue weighted by atomic mass is 32.2. The molecule has 0 saturated heterocycles. The number of nitrogens with zero attached hydrogens (tertiary/aromatic N) is 8. The Kier molecular flexibility index (Phi) is 20.4. The fraction of sp³-hybridized carbons (Fsp3) is 0.239. The van der Waals surface area contributed by atoms with E-state index in [4.69, 9.17) is 13.9 Å². The molecular formula is C67H57F10N9O15S2.